The lowest BCUT2D eigenvalue weighted by Gasteiger charge is -2.23. The summed E-state index contributed by atoms with van der Waals surface area (Å²) in [6.45, 7) is 6.11. The average molecular weight is 570 g/mol. The lowest BCUT2D eigenvalue weighted by Crippen LogP contribution is -2.35. The van der Waals surface area contributed by atoms with Gasteiger partial charge in [-0.05, 0) is 92.7 Å². The maximum absolute atomic E-state index is 13.5. The predicted molar refractivity (Wildman–Crippen MR) is 147 cm³/mol. The molecule has 1 amide bonds. The van der Waals surface area contributed by atoms with Crippen molar-refractivity contribution in [1.29, 1.82) is 0 Å². The Morgan fingerprint density at radius 1 is 1.09 bits per heavy atom. The van der Waals surface area contributed by atoms with Crippen LogP contribution < -0.4 is 9.21 Å². The Balaban J connectivity index is 1.49. The molecule has 0 saturated heterocycles. The molecule has 0 spiro atoms. The Labute approximate surface area is 218 Å². The quantitative estimate of drug-likeness (QED) is 0.266. The van der Waals surface area contributed by atoms with Crippen molar-refractivity contribution in [2.24, 2.45) is 0 Å². The minimum Gasteiger partial charge on any atom is -0.304 e. The van der Waals surface area contributed by atoms with Crippen LogP contribution in [0.1, 0.15) is 34.6 Å². The second kappa shape index (κ2) is 9.08. The summed E-state index contributed by atoms with van der Waals surface area (Å²) in [5, 5.41) is 0.858. The van der Waals surface area contributed by atoms with Gasteiger partial charge in [-0.2, -0.15) is 0 Å². The summed E-state index contributed by atoms with van der Waals surface area (Å²) in [6.07, 6.45) is 0.817. The van der Waals surface area contributed by atoms with Crippen LogP contribution in [0.5, 0.6) is 0 Å². The number of amides is 1. The van der Waals surface area contributed by atoms with Gasteiger partial charge < -0.3 is 4.90 Å². The molecule has 180 valence electrons. The number of anilines is 2. The van der Waals surface area contributed by atoms with Crippen molar-refractivity contribution in [1.82, 2.24) is 0 Å². The minimum atomic E-state index is -3.70. The van der Waals surface area contributed by atoms with E-state index in [-0.39, 0.29) is 16.8 Å². The van der Waals surface area contributed by atoms with E-state index in [1.54, 1.807) is 24.3 Å². The van der Waals surface area contributed by atoms with Gasteiger partial charge in [0.25, 0.3) is 15.9 Å². The highest BCUT2D eigenvalue weighted by molar-refractivity contribution is 9.10. The molecule has 1 atom stereocenters. The van der Waals surface area contributed by atoms with E-state index in [1.165, 1.54) is 15.6 Å². The van der Waals surface area contributed by atoms with Gasteiger partial charge >= 0.3 is 0 Å². The highest BCUT2D eigenvalue weighted by atomic mass is 79.9. The van der Waals surface area contributed by atoms with Gasteiger partial charge in [0.15, 0.2) is 0 Å². The summed E-state index contributed by atoms with van der Waals surface area (Å²) in [5.74, 6) is -0.0269. The predicted octanol–water partition coefficient (Wildman–Crippen LogP) is 6.78. The number of nitrogens with zero attached hydrogens (tertiary/aromatic N) is 2. The summed E-state index contributed by atoms with van der Waals surface area (Å²) in [4.78, 5) is 16.3. The average Bonchev–Trinajstić information content (AvgIpc) is 3.38. The van der Waals surface area contributed by atoms with Crippen molar-refractivity contribution in [3.05, 3.63) is 87.2 Å². The van der Waals surface area contributed by atoms with E-state index in [1.807, 2.05) is 55.1 Å². The molecule has 1 aromatic heterocycles. The third-order valence-corrected chi connectivity index (χ3v) is 9.89. The first-order valence-corrected chi connectivity index (χ1v) is 14.5. The molecular formula is C27H25BrN2O3S2. The van der Waals surface area contributed by atoms with Crippen LogP contribution in [0.2, 0.25) is 0 Å². The SMILES string of the molecule is CCN(c1ccc2sc(C(=O)N3c4ccc(Br)cc4C[C@@H]3C)cc2c1)S(=O)(=O)c1ccc(C)cc1. The molecule has 0 aliphatic carbocycles. The van der Waals surface area contributed by atoms with Gasteiger partial charge in [-0.15, -0.1) is 11.3 Å². The second-order valence-corrected chi connectivity index (χ2v) is 12.7. The van der Waals surface area contributed by atoms with Crippen molar-refractivity contribution in [2.75, 3.05) is 15.7 Å². The van der Waals surface area contributed by atoms with Gasteiger partial charge in [-0.1, -0.05) is 33.6 Å². The molecule has 0 bridgehead atoms. The molecule has 35 heavy (non-hydrogen) atoms. The molecule has 0 unspecified atom stereocenters. The Morgan fingerprint density at radius 3 is 2.54 bits per heavy atom. The van der Waals surface area contributed by atoms with Gasteiger partial charge in [-0.3, -0.25) is 9.10 Å². The molecule has 4 aromatic rings. The zero-order valence-electron chi connectivity index (χ0n) is 19.7. The van der Waals surface area contributed by atoms with Crippen LogP contribution in [0.3, 0.4) is 0 Å². The first kappa shape index (κ1) is 24.0. The van der Waals surface area contributed by atoms with Crippen LogP contribution >= 0.6 is 27.3 Å². The molecule has 5 rings (SSSR count). The minimum absolute atomic E-state index is 0.0269. The fourth-order valence-electron chi connectivity index (χ4n) is 4.65. The number of rotatable bonds is 5. The number of benzene rings is 3. The van der Waals surface area contributed by atoms with Crippen LogP contribution in [0, 0.1) is 6.92 Å². The van der Waals surface area contributed by atoms with Gasteiger partial charge in [0.2, 0.25) is 0 Å². The number of halogens is 1. The standard InChI is InChI=1S/C27H25BrN2O3S2/c1-4-29(35(32,33)23-9-5-17(2)6-10-23)22-8-12-25-20(15-22)16-26(34-25)27(31)30-18(3)13-19-14-21(28)7-11-24(19)30/h5-12,14-16,18H,4,13H2,1-3H3/t18-/m0/s1. The topological polar surface area (TPSA) is 57.7 Å². The van der Waals surface area contributed by atoms with Crippen LogP contribution in [-0.4, -0.2) is 26.9 Å². The Kier molecular flexibility index (Phi) is 6.23. The summed E-state index contributed by atoms with van der Waals surface area (Å²) < 4.78 is 30.0. The van der Waals surface area contributed by atoms with E-state index < -0.39 is 10.0 Å². The molecule has 5 nitrogen and oxygen atoms in total. The van der Waals surface area contributed by atoms with E-state index in [2.05, 4.69) is 28.9 Å². The number of sulfonamides is 1. The molecule has 0 N–H and O–H groups in total. The normalized spacial score (nSPS) is 15.4. The summed E-state index contributed by atoms with van der Waals surface area (Å²) in [6, 6.07) is 20.4. The van der Waals surface area contributed by atoms with Gasteiger partial charge in [-0.25, -0.2) is 8.42 Å². The van der Waals surface area contributed by atoms with Crippen molar-refractivity contribution in [3.63, 3.8) is 0 Å². The Morgan fingerprint density at radius 2 is 1.83 bits per heavy atom. The maximum atomic E-state index is 13.5. The molecule has 3 aromatic carbocycles. The van der Waals surface area contributed by atoms with E-state index in [0.717, 1.165) is 37.8 Å². The number of thiophene rings is 1. The van der Waals surface area contributed by atoms with Crippen LogP contribution in [0.4, 0.5) is 11.4 Å². The van der Waals surface area contributed by atoms with Crippen LogP contribution in [0.15, 0.2) is 76.1 Å². The molecule has 2 heterocycles. The fourth-order valence-corrected chi connectivity index (χ4v) is 7.50. The Hall–Kier alpha value is -2.68. The van der Waals surface area contributed by atoms with Crippen molar-refractivity contribution >= 4 is 64.7 Å². The fraction of sp³-hybridized carbons (Fsp3) is 0.222. The first-order valence-electron chi connectivity index (χ1n) is 11.4. The molecule has 0 saturated carbocycles. The van der Waals surface area contributed by atoms with E-state index in [0.29, 0.717) is 17.1 Å². The lowest BCUT2D eigenvalue weighted by molar-refractivity contribution is 0.0985. The van der Waals surface area contributed by atoms with Crippen LogP contribution in [0.25, 0.3) is 10.1 Å². The summed E-state index contributed by atoms with van der Waals surface area (Å²) in [7, 11) is -3.70. The summed E-state index contributed by atoms with van der Waals surface area (Å²) >= 11 is 4.96. The smallest absolute Gasteiger partial charge is 0.268 e. The maximum Gasteiger partial charge on any atom is 0.268 e. The second-order valence-electron chi connectivity index (χ2n) is 8.82. The van der Waals surface area contributed by atoms with Gasteiger partial charge in [0.1, 0.15) is 0 Å². The van der Waals surface area contributed by atoms with Crippen LogP contribution in [-0.2, 0) is 16.4 Å². The third kappa shape index (κ3) is 4.28. The molecule has 1 aliphatic heterocycles. The highest BCUT2D eigenvalue weighted by Crippen LogP contribution is 2.38. The van der Waals surface area contributed by atoms with Crippen molar-refractivity contribution in [3.8, 4) is 0 Å². The van der Waals surface area contributed by atoms with E-state index in [9.17, 15) is 13.2 Å². The highest BCUT2D eigenvalue weighted by Gasteiger charge is 2.32. The number of aryl methyl sites for hydroxylation is 1. The largest absolute Gasteiger partial charge is 0.304 e. The first-order chi connectivity index (χ1) is 16.7. The number of carbonyl (C=O) groups is 1. The molecule has 0 fully saturated rings. The molecular weight excluding hydrogens is 544 g/mol. The monoisotopic (exact) mass is 568 g/mol. The molecule has 0 radical (unpaired) electrons. The van der Waals surface area contributed by atoms with E-state index >= 15 is 0 Å². The van der Waals surface area contributed by atoms with Crippen molar-refractivity contribution < 1.29 is 13.2 Å². The number of hydrogen-bond acceptors (Lipinski definition) is 4. The zero-order chi connectivity index (χ0) is 24.9. The zero-order valence-corrected chi connectivity index (χ0v) is 22.9. The van der Waals surface area contributed by atoms with Crippen molar-refractivity contribution in [2.45, 2.75) is 38.1 Å². The number of hydrogen-bond donors (Lipinski definition) is 0. The molecule has 8 heteroatoms. The van der Waals surface area contributed by atoms with E-state index in [4.69, 9.17) is 0 Å². The summed E-state index contributed by atoms with van der Waals surface area (Å²) in [5.41, 5.74) is 3.70. The number of carbonyl (C=O) groups excluding carboxylic acids is 1. The number of fused-ring (bicyclic) bond motifs is 2. The Bertz CT molecular complexity index is 1540. The molecule has 1 aliphatic rings. The lowest BCUT2D eigenvalue weighted by atomic mass is 10.1. The van der Waals surface area contributed by atoms with Gasteiger partial charge in [0, 0.05) is 27.4 Å². The van der Waals surface area contributed by atoms with Gasteiger partial charge in [0.05, 0.1) is 15.5 Å². The third-order valence-electron chi connectivity index (χ3n) is 6.37.